The van der Waals surface area contributed by atoms with E-state index in [4.69, 9.17) is 0 Å². The van der Waals surface area contributed by atoms with Crippen molar-refractivity contribution in [2.45, 2.75) is 181 Å². The van der Waals surface area contributed by atoms with Crippen molar-refractivity contribution in [1.82, 2.24) is 4.57 Å². The Morgan fingerprint density at radius 2 is 0.724 bits per heavy atom. The molecular weight excluding hydrogens is 1180 g/mol. The minimum absolute atomic E-state index is 0.00575. The van der Waals surface area contributed by atoms with Crippen LogP contribution in [0.2, 0.25) is 0 Å². The monoisotopic (exact) mass is 1280 g/mol. The van der Waals surface area contributed by atoms with E-state index < -0.39 is 0 Å². The van der Waals surface area contributed by atoms with Crippen LogP contribution in [0.5, 0.6) is 0 Å². The second-order valence-electron chi connectivity index (χ2n) is 35.2. The van der Waals surface area contributed by atoms with E-state index >= 15 is 0 Å². The Labute approximate surface area is 584 Å². The topological polar surface area (TPSA) is 11.4 Å². The minimum atomic E-state index is -0.138. The van der Waals surface area contributed by atoms with Crippen molar-refractivity contribution in [3.63, 3.8) is 0 Å². The van der Waals surface area contributed by atoms with E-state index in [0.29, 0.717) is 0 Å². The molecule has 0 bridgehead atoms. The van der Waals surface area contributed by atoms with Crippen molar-refractivity contribution in [1.29, 1.82) is 0 Å². The molecule has 0 N–H and O–H groups in total. The van der Waals surface area contributed by atoms with Gasteiger partial charge in [0, 0.05) is 50.6 Å². The van der Waals surface area contributed by atoms with Gasteiger partial charge in [0.25, 0.3) is 6.71 Å². The number of aromatic nitrogens is 1. The summed E-state index contributed by atoms with van der Waals surface area (Å²) in [7, 11) is 0. The van der Waals surface area contributed by atoms with Gasteiger partial charge in [0.05, 0.1) is 11.0 Å². The first-order valence-corrected chi connectivity index (χ1v) is 36.3. The third-order valence-corrected chi connectivity index (χ3v) is 23.6. The van der Waals surface area contributed by atoms with Crippen LogP contribution in [-0.4, -0.2) is 11.3 Å². The molecule has 12 aromatic rings. The van der Waals surface area contributed by atoms with Gasteiger partial charge >= 0.3 is 0 Å². The minimum Gasteiger partial charge on any atom is -0.311 e. The fourth-order valence-electron chi connectivity index (χ4n) is 17.2. The summed E-state index contributed by atoms with van der Waals surface area (Å²) in [4.78, 5) is 5.24. The summed E-state index contributed by atoms with van der Waals surface area (Å²) in [6, 6.07) is 88.4. The van der Waals surface area contributed by atoms with Crippen LogP contribution in [0.1, 0.15) is 182 Å². The maximum atomic E-state index is 2.63. The second kappa shape index (κ2) is 22.2. The molecule has 0 unspecified atom stereocenters. The Bertz CT molecular complexity index is 5170. The number of para-hydroxylation sites is 1. The van der Waals surface area contributed by atoms with Gasteiger partial charge in [-0.3, -0.25) is 0 Å². The maximum Gasteiger partial charge on any atom is 0.252 e. The molecule has 2 aliphatic heterocycles. The Morgan fingerprint density at radius 1 is 0.286 bits per heavy atom. The number of hydrogen-bond donors (Lipinski definition) is 0. The lowest BCUT2D eigenvalue weighted by Crippen LogP contribution is -2.61. The van der Waals surface area contributed by atoms with E-state index in [-0.39, 0.29) is 44.6 Å². The van der Waals surface area contributed by atoms with Crippen molar-refractivity contribution < 1.29 is 0 Å². The Morgan fingerprint density at radius 3 is 1.27 bits per heavy atom. The molecular formula is C94H96BN3. The summed E-state index contributed by atoms with van der Waals surface area (Å²) in [5.41, 5.74) is 34.6. The average molecular weight is 1280 g/mol. The first-order chi connectivity index (χ1) is 46.4. The molecule has 0 radical (unpaired) electrons. The molecule has 0 fully saturated rings. The third kappa shape index (κ3) is 10.5. The molecule has 1 aromatic heterocycles. The van der Waals surface area contributed by atoms with E-state index in [2.05, 4.69) is 357 Å². The fourth-order valence-corrected chi connectivity index (χ4v) is 17.2. The van der Waals surface area contributed by atoms with Crippen molar-refractivity contribution >= 4 is 79.0 Å². The normalized spacial score (nSPS) is 16.5. The van der Waals surface area contributed by atoms with Crippen LogP contribution in [0, 0.1) is 0 Å². The van der Waals surface area contributed by atoms with Gasteiger partial charge in [-0.25, -0.2) is 0 Å². The molecule has 490 valence electrons. The van der Waals surface area contributed by atoms with Gasteiger partial charge in [-0.05, 0) is 236 Å². The Balaban J connectivity index is 0.960. The zero-order valence-corrected chi connectivity index (χ0v) is 61.1. The molecule has 0 saturated heterocycles. The van der Waals surface area contributed by atoms with Gasteiger partial charge < -0.3 is 14.4 Å². The zero-order chi connectivity index (χ0) is 68.5. The number of anilines is 6. The third-order valence-electron chi connectivity index (χ3n) is 23.6. The number of fused-ring (bicyclic) bond motifs is 9. The van der Waals surface area contributed by atoms with Gasteiger partial charge in [0.1, 0.15) is 0 Å². The van der Waals surface area contributed by atoms with Crippen LogP contribution in [-0.2, 0) is 37.9 Å². The maximum absolute atomic E-state index is 2.63. The molecule has 4 heteroatoms. The number of rotatable bonds is 7. The van der Waals surface area contributed by atoms with Crippen LogP contribution in [0.25, 0.3) is 72.0 Å². The number of benzene rings is 11. The van der Waals surface area contributed by atoms with E-state index in [1.165, 1.54) is 170 Å². The summed E-state index contributed by atoms with van der Waals surface area (Å²) >= 11 is 0. The molecule has 11 aromatic carbocycles. The Kier molecular flexibility index (Phi) is 14.4. The van der Waals surface area contributed by atoms with Crippen LogP contribution in [0.3, 0.4) is 0 Å². The summed E-state index contributed by atoms with van der Waals surface area (Å²) in [5.74, 6) is 0. The van der Waals surface area contributed by atoms with Gasteiger partial charge in [-0.2, -0.15) is 0 Å². The van der Waals surface area contributed by atoms with Gasteiger partial charge in [-0.1, -0.05) is 269 Å². The van der Waals surface area contributed by atoms with Gasteiger partial charge in [0.15, 0.2) is 0 Å². The lowest BCUT2D eigenvalue weighted by molar-refractivity contribution is 0.332. The lowest BCUT2D eigenvalue weighted by Gasteiger charge is -2.45. The second-order valence-corrected chi connectivity index (χ2v) is 35.2. The van der Waals surface area contributed by atoms with Crippen LogP contribution in [0.4, 0.5) is 34.1 Å². The molecule has 0 spiro atoms. The number of nitrogens with zero attached hydrogens (tertiary/aromatic N) is 3. The van der Waals surface area contributed by atoms with Gasteiger partial charge in [-0.15, -0.1) is 0 Å². The SMILES string of the molecule is CC(C)(C)c1cc(-c2ccc3c(c2)B2c4ccc(-n5c6ccccc6c6cc(C(C)(C)C)ccc65)cc4N(c4ccc(-c5ccc6c(c5)C(C)(C)CCC6(C)C)cc4)c4cc(-c5ccccc5)cc(c42)N3c2ccc(-c3ccc4c(c3)C(C)(C)CCC4(C)C)cc2)cc(C(C)(C)C)c1. The summed E-state index contributed by atoms with van der Waals surface area (Å²) in [5, 5.41) is 2.54. The van der Waals surface area contributed by atoms with Crippen molar-refractivity contribution in [3.8, 4) is 50.2 Å². The number of hydrogen-bond acceptors (Lipinski definition) is 2. The van der Waals surface area contributed by atoms with Crippen LogP contribution < -0.4 is 26.2 Å². The highest BCUT2D eigenvalue weighted by Gasteiger charge is 2.45. The summed E-state index contributed by atoms with van der Waals surface area (Å²) in [6.07, 6.45) is 4.75. The zero-order valence-electron chi connectivity index (χ0n) is 61.1. The predicted octanol–water partition coefficient (Wildman–Crippen LogP) is 24.1. The molecule has 0 saturated carbocycles. The average Bonchev–Trinajstić information content (AvgIpc) is 0.696. The quantitative estimate of drug-likeness (QED) is 0.147. The standard InChI is InChI=1S/C94H96BN3/c1-88(2,3)67-34-44-82-74(57-67)73-25-21-22-26-81(73)98(82)72-39-42-79-84(58-72)97(71-37-29-61(30-38-71)63-32-41-76-78(52-63)94(16,17)48-46-92(76,12)13)86-55-66(59-23-19-18-20-24-59)54-85-87(86)95(79)80-53-64(65-49-68(89(4,5)6)56-69(50-65)90(7,8)9)33-43-83(80)96(85)70-35-27-60(28-36-70)62-31-40-75-77(51-62)93(14,15)47-45-91(75,10)11/h18-44,49-58H,45-48H2,1-17H3. The van der Waals surface area contributed by atoms with Crippen molar-refractivity contribution in [3.05, 3.63) is 263 Å². The highest BCUT2D eigenvalue weighted by atomic mass is 15.2. The molecule has 3 nitrogen and oxygen atoms in total. The van der Waals surface area contributed by atoms with E-state index in [0.717, 1.165) is 17.1 Å². The smallest absolute Gasteiger partial charge is 0.252 e. The fraction of sp³-hybridized carbons (Fsp3) is 0.298. The van der Waals surface area contributed by atoms with Crippen molar-refractivity contribution in [2.75, 3.05) is 9.80 Å². The molecule has 0 atom stereocenters. The van der Waals surface area contributed by atoms with Crippen LogP contribution in [0.15, 0.2) is 224 Å². The van der Waals surface area contributed by atoms with E-state index in [1.807, 2.05) is 0 Å². The summed E-state index contributed by atoms with van der Waals surface area (Å²) in [6.45, 7) is 40.4. The molecule has 2 aliphatic carbocycles. The predicted molar refractivity (Wildman–Crippen MR) is 423 cm³/mol. The first kappa shape index (κ1) is 63.6. The molecule has 0 amide bonds. The van der Waals surface area contributed by atoms with Gasteiger partial charge in [0.2, 0.25) is 0 Å². The molecule has 98 heavy (non-hydrogen) atoms. The Hall–Kier alpha value is -9.12. The van der Waals surface area contributed by atoms with E-state index in [9.17, 15) is 0 Å². The van der Waals surface area contributed by atoms with E-state index in [1.54, 1.807) is 0 Å². The molecule has 16 rings (SSSR count). The lowest BCUT2D eigenvalue weighted by atomic mass is 9.33. The molecule has 3 heterocycles. The highest BCUT2D eigenvalue weighted by molar-refractivity contribution is 7.00. The summed E-state index contributed by atoms with van der Waals surface area (Å²) < 4.78 is 2.53. The van der Waals surface area contributed by atoms with Crippen LogP contribution >= 0.6 is 0 Å². The highest BCUT2D eigenvalue weighted by Crippen LogP contribution is 2.52. The van der Waals surface area contributed by atoms with Crippen molar-refractivity contribution in [2.24, 2.45) is 0 Å². The largest absolute Gasteiger partial charge is 0.311 e. The first-order valence-electron chi connectivity index (χ1n) is 36.3. The molecule has 4 aliphatic rings.